The fourth-order valence-corrected chi connectivity index (χ4v) is 2.67. The number of unbranched alkanes of at least 4 members (excludes halogenated alkanes) is 8. The van der Waals surface area contributed by atoms with Crippen LogP contribution in [0.15, 0.2) is 0 Å². The molecule has 0 aliphatic carbocycles. The zero-order valence-corrected chi connectivity index (χ0v) is 14.9. The second-order valence-corrected chi connectivity index (χ2v) is 6.03. The van der Waals surface area contributed by atoms with Gasteiger partial charge in [-0.05, 0) is 26.2 Å². The first-order chi connectivity index (χ1) is 10.2. The summed E-state index contributed by atoms with van der Waals surface area (Å²) in [6.07, 6.45) is 15.2. The van der Waals surface area contributed by atoms with Crippen molar-refractivity contribution in [3.05, 3.63) is 0 Å². The lowest BCUT2D eigenvalue weighted by molar-refractivity contribution is -0.544. The summed E-state index contributed by atoms with van der Waals surface area (Å²) < 4.78 is 0. The van der Waals surface area contributed by atoms with E-state index in [1.807, 2.05) is 6.92 Å². The van der Waals surface area contributed by atoms with Crippen LogP contribution in [0.4, 0.5) is 0 Å². The number of hydrogen-bond acceptors (Lipinski definition) is 3. The average molecular weight is 302 g/mol. The van der Waals surface area contributed by atoms with E-state index in [0.717, 1.165) is 19.3 Å². The molecule has 0 amide bonds. The van der Waals surface area contributed by atoms with Gasteiger partial charge in [0.2, 0.25) is 0 Å². The van der Waals surface area contributed by atoms with Crippen molar-refractivity contribution in [3.8, 4) is 0 Å². The first kappa shape index (κ1) is 20.9. The van der Waals surface area contributed by atoms with E-state index in [0.29, 0.717) is 6.61 Å². The van der Waals surface area contributed by atoms with E-state index in [4.69, 9.17) is 14.8 Å². The molecule has 0 atom stereocenters. The highest BCUT2D eigenvalue weighted by Crippen LogP contribution is 2.28. The normalized spacial score (nSPS) is 12.0. The highest BCUT2D eigenvalue weighted by molar-refractivity contribution is 4.76. The molecule has 0 spiro atoms. The molecule has 0 fully saturated rings. The van der Waals surface area contributed by atoms with Gasteiger partial charge in [-0.25, -0.2) is 4.89 Å². The van der Waals surface area contributed by atoms with Gasteiger partial charge >= 0.3 is 0 Å². The summed E-state index contributed by atoms with van der Waals surface area (Å²) in [4.78, 5) is 10.4. The topological polar surface area (TPSA) is 27.7 Å². The van der Waals surface area contributed by atoms with Crippen LogP contribution in [0.2, 0.25) is 0 Å². The highest BCUT2D eigenvalue weighted by Gasteiger charge is 2.28. The molecule has 0 radical (unpaired) electrons. The first-order valence-electron chi connectivity index (χ1n) is 9.22. The van der Waals surface area contributed by atoms with Crippen molar-refractivity contribution < 1.29 is 14.8 Å². The summed E-state index contributed by atoms with van der Waals surface area (Å²) >= 11 is 0. The quantitative estimate of drug-likeness (QED) is 0.188. The Hall–Kier alpha value is -0.120. The van der Waals surface area contributed by atoms with Crippen molar-refractivity contribution in [2.75, 3.05) is 6.61 Å². The summed E-state index contributed by atoms with van der Waals surface area (Å²) in [5.41, 5.74) is -0.170. The minimum atomic E-state index is -0.170. The molecular weight excluding hydrogens is 264 g/mol. The van der Waals surface area contributed by atoms with Crippen molar-refractivity contribution in [1.82, 2.24) is 0 Å². The maximum absolute atomic E-state index is 5.52. The third-order valence-electron chi connectivity index (χ3n) is 4.40. The van der Waals surface area contributed by atoms with Crippen LogP contribution in [0.25, 0.3) is 0 Å². The van der Waals surface area contributed by atoms with Crippen LogP contribution in [0.1, 0.15) is 105 Å². The molecule has 0 saturated heterocycles. The maximum Gasteiger partial charge on any atom is 0.106 e. The Balaban J connectivity index is 3.64. The summed E-state index contributed by atoms with van der Waals surface area (Å²) in [7, 11) is 0. The lowest BCUT2D eigenvalue weighted by Crippen LogP contribution is -2.31. The summed E-state index contributed by atoms with van der Waals surface area (Å²) in [5.74, 6) is 0. The molecule has 0 heterocycles. The largest absolute Gasteiger partial charge is 0.206 e. The van der Waals surface area contributed by atoms with Gasteiger partial charge in [0.25, 0.3) is 0 Å². The summed E-state index contributed by atoms with van der Waals surface area (Å²) in [6.45, 7) is 9.00. The summed E-state index contributed by atoms with van der Waals surface area (Å²) in [6, 6.07) is 0. The van der Waals surface area contributed by atoms with Gasteiger partial charge in [0, 0.05) is 0 Å². The van der Waals surface area contributed by atoms with Gasteiger partial charge in [-0.3, -0.25) is 0 Å². The smallest absolute Gasteiger partial charge is 0.106 e. The molecule has 3 nitrogen and oxygen atoms in total. The van der Waals surface area contributed by atoms with E-state index in [9.17, 15) is 0 Å². The van der Waals surface area contributed by atoms with E-state index in [-0.39, 0.29) is 5.60 Å². The molecule has 0 bridgehead atoms. The Kier molecular flexibility index (Phi) is 14.7. The van der Waals surface area contributed by atoms with Crippen molar-refractivity contribution in [1.29, 1.82) is 0 Å². The lowest BCUT2D eigenvalue weighted by atomic mass is 9.90. The van der Waals surface area contributed by atoms with Crippen LogP contribution in [-0.2, 0) is 14.8 Å². The van der Waals surface area contributed by atoms with Gasteiger partial charge in [-0.15, -0.1) is 0 Å². The predicted octanol–water partition coefficient (Wildman–Crippen LogP) is 6.37. The molecule has 0 saturated carbocycles. The van der Waals surface area contributed by atoms with Crippen LogP contribution < -0.4 is 0 Å². The molecule has 128 valence electrons. The molecule has 0 rings (SSSR count). The fraction of sp³-hybridized carbons (Fsp3) is 1.00. The zero-order chi connectivity index (χ0) is 15.8. The number of hydrogen-bond donors (Lipinski definition) is 0. The maximum atomic E-state index is 5.52. The molecule has 0 aliphatic heterocycles. The highest BCUT2D eigenvalue weighted by atomic mass is 17.5. The van der Waals surface area contributed by atoms with Gasteiger partial charge in [-0.2, -0.15) is 4.89 Å². The Morgan fingerprint density at radius 1 is 0.667 bits per heavy atom. The predicted molar refractivity (Wildman–Crippen MR) is 89.0 cm³/mol. The summed E-state index contributed by atoms with van der Waals surface area (Å²) in [5, 5.41) is 4.86. The van der Waals surface area contributed by atoms with Gasteiger partial charge in [0.05, 0.1) is 6.61 Å². The third-order valence-corrected chi connectivity index (χ3v) is 4.40. The van der Waals surface area contributed by atoms with E-state index in [1.165, 1.54) is 57.8 Å². The second kappa shape index (κ2) is 14.8. The molecule has 0 unspecified atom stereocenters. The SMILES string of the molecule is CCCCCCCCCCCC(CC)(CC)OOOCC. The van der Waals surface area contributed by atoms with E-state index in [2.05, 4.69) is 20.8 Å². The van der Waals surface area contributed by atoms with Crippen LogP contribution in [0.5, 0.6) is 0 Å². The average Bonchev–Trinajstić information content (AvgIpc) is 2.52. The van der Waals surface area contributed by atoms with Crippen LogP contribution >= 0.6 is 0 Å². The third kappa shape index (κ3) is 11.1. The van der Waals surface area contributed by atoms with Crippen molar-refractivity contribution in [3.63, 3.8) is 0 Å². The van der Waals surface area contributed by atoms with E-state index in [1.54, 1.807) is 0 Å². The lowest BCUT2D eigenvalue weighted by Gasteiger charge is -2.29. The molecule has 0 N–H and O–H groups in total. The Bertz CT molecular complexity index is 203. The minimum Gasteiger partial charge on any atom is -0.206 e. The van der Waals surface area contributed by atoms with Crippen molar-refractivity contribution in [2.24, 2.45) is 0 Å². The van der Waals surface area contributed by atoms with E-state index < -0.39 is 0 Å². The van der Waals surface area contributed by atoms with Crippen molar-refractivity contribution in [2.45, 2.75) is 110 Å². The van der Waals surface area contributed by atoms with Crippen LogP contribution in [0, 0.1) is 0 Å². The van der Waals surface area contributed by atoms with Gasteiger partial charge < -0.3 is 0 Å². The second-order valence-electron chi connectivity index (χ2n) is 6.03. The Morgan fingerprint density at radius 2 is 1.19 bits per heavy atom. The van der Waals surface area contributed by atoms with Gasteiger partial charge in [-0.1, -0.05) is 83.6 Å². The molecule has 0 aromatic carbocycles. The monoisotopic (exact) mass is 302 g/mol. The van der Waals surface area contributed by atoms with Crippen LogP contribution in [-0.4, -0.2) is 12.2 Å². The molecular formula is C18H38O3. The van der Waals surface area contributed by atoms with Gasteiger partial charge in [0.15, 0.2) is 0 Å². The standard InChI is InChI=1S/C18H38O3/c1-5-9-10-11-12-13-14-15-16-17-18(6-2,7-3)20-21-19-8-4/h5-17H2,1-4H3. The van der Waals surface area contributed by atoms with Crippen LogP contribution in [0.3, 0.4) is 0 Å². The Labute approximate surface area is 132 Å². The Morgan fingerprint density at radius 3 is 1.67 bits per heavy atom. The molecule has 0 aliphatic rings. The first-order valence-corrected chi connectivity index (χ1v) is 9.22. The van der Waals surface area contributed by atoms with Crippen molar-refractivity contribution >= 4 is 0 Å². The van der Waals surface area contributed by atoms with Gasteiger partial charge in [0.1, 0.15) is 5.60 Å². The number of rotatable bonds is 16. The molecule has 0 aromatic rings. The molecule has 0 aromatic heterocycles. The molecule has 21 heavy (non-hydrogen) atoms. The van der Waals surface area contributed by atoms with E-state index >= 15 is 0 Å². The fourth-order valence-electron chi connectivity index (χ4n) is 2.67. The molecule has 3 heteroatoms. The minimum absolute atomic E-state index is 0.170. The zero-order valence-electron chi connectivity index (χ0n) is 14.9.